The predicted molar refractivity (Wildman–Crippen MR) is 76.0 cm³/mol. The van der Waals surface area contributed by atoms with Gasteiger partial charge in [-0.2, -0.15) is 0 Å². The zero-order valence-electron chi connectivity index (χ0n) is 10.8. The minimum absolute atomic E-state index is 0.0710. The number of carbonyl (C=O) groups is 1. The fourth-order valence-corrected chi connectivity index (χ4v) is 2.31. The van der Waals surface area contributed by atoms with Crippen LogP contribution in [0.4, 0.5) is 0 Å². The first kappa shape index (κ1) is 15.7. The summed E-state index contributed by atoms with van der Waals surface area (Å²) in [7, 11) is 1.44. The van der Waals surface area contributed by atoms with E-state index in [1.807, 2.05) is 19.1 Å². The molecule has 1 aromatic rings. The summed E-state index contributed by atoms with van der Waals surface area (Å²) >= 11 is 0. The number of aryl methyl sites for hydroxylation is 1. The zero-order valence-corrected chi connectivity index (χ0v) is 12.4. The van der Waals surface area contributed by atoms with Gasteiger partial charge in [-0.05, 0) is 38.0 Å². The summed E-state index contributed by atoms with van der Waals surface area (Å²) in [5.41, 5.74) is 1.02. The van der Waals surface area contributed by atoms with Crippen LogP contribution < -0.4 is 5.32 Å². The summed E-state index contributed by atoms with van der Waals surface area (Å²) in [4.78, 5) is 11.9. The van der Waals surface area contributed by atoms with Crippen molar-refractivity contribution in [3.63, 3.8) is 0 Å². The molecule has 0 spiro atoms. The Morgan fingerprint density at radius 1 is 1.42 bits per heavy atom. The van der Waals surface area contributed by atoms with Gasteiger partial charge in [-0.1, -0.05) is 18.2 Å². The van der Waals surface area contributed by atoms with Gasteiger partial charge in [0.25, 0.3) is 15.0 Å². The van der Waals surface area contributed by atoms with Gasteiger partial charge in [0.15, 0.2) is 0 Å². The molecule has 4 nitrogen and oxygen atoms in total. The van der Waals surface area contributed by atoms with E-state index in [4.69, 9.17) is 10.7 Å². The lowest BCUT2D eigenvalue weighted by Crippen LogP contribution is -2.25. The first-order chi connectivity index (χ1) is 8.86. The average molecular weight is 302 g/mol. The second kappa shape index (κ2) is 6.73. The Labute approximate surface area is 117 Å². The Hall–Kier alpha value is -1.33. The van der Waals surface area contributed by atoms with E-state index < -0.39 is 9.05 Å². The normalized spacial score (nSPS) is 11.7. The van der Waals surface area contributed by atoms with Crippen LogP contribution >= 0.6 is 10.7 Å². The minimum atomic E-state index is -3.82. The van der Waals surface area contributed by atoms with Crippen LogP contribution in [0, 0.1) is 6.92 Å². The van der Waals surface area contributed by atoms with Crippen molar-refractivity contribution in [3.05, 3.63) is 41.5 Å². The van der Waals surface area contributed by atoms with E-state index in [-0.39, 0.29) is 10.8 Å². The molecule has 0 unspecified atom stereocenters. The maximum Gasteiger partial charge on any atom is 0.261 e. The van der Waals surface area contributed by atoms with E-state index in [0.29, 0.717) is 17.7 Å². The van der Waals surface area contributed by atoms with Gasteiger partial charge in [-0.3, -0.25) is 4.79 Å². The van der Waals surface area contributed by atoms with Gasteiger partial charge in [0, 0.05) is 22.8 Å². The minimum Gasteiger partial charge on any atom is -0.352 e. The fourth-order valence-electron chi connectivity index (χ4n) is 1.53. The zero-order chi connectivity index (χ0) is 14.5. The highest BCUT2D eigenvalue weighted by atomic mass is 35.7. The largest absolute Gasteiger partial charge is 0.352 e. The quantitative estimate of drug-likeness (QED) is 0.516. The molecule has 6 heteroatoms. The third kappa shape index (κ3) is 4.69. The number of carbonyl (C=O) groups excluding carboxylic acids is 1. The van der Waals surface area contributed by atoms with Gasteiger partial charge in [-0.15, -0.1) is 0 Å². The van der Waals surface area contributed by atoms with Crippen LogP contribution in [0.2, 0.25) is 0 Å². The van der Waals surface area contributed by atoms with Gasteiger partial charge in [0.2, 0.25) is 0 Å². The molecule has 0 aliphatic carbocycles. The van der Waals surface area contributed by atoms with Crippen molar-refractivity contribution in [2.45, 2.75) is 25.2 Å². The van der Waals surface area contributed by atoms with Crippen LogP contribution in [0.1, 0.15) is 29.3 Å². The number of benzene rings is 1. The number of allylic oxidation sites excluding steroid dienone is 1. The van der Waals surface area contributed by atoms with E-state index in [0.717, 1.165) is 6.42 Å². The molecular weight excluding hydrogens is 286 g/mol. The van der Waals surface area contributed by atoms with Gasteiger partial charge in [0.1, 0.15) is 0 Å². The topological polar surface area (TPSA) is 63.2 Å². The SMILES string of the molecule is C/C=C/CCNC(=O)c1cc(S(=O)(=O)Cl)ccc1C. The molecular formula is C13H16ClNO3S. The summed E-state index contributed by atoms with van der Waals surface area (Å²) < 4.78 is 22.5. The summed E-state index contributed by atoms with van der Waals surface area (Å²) in [6, 6.07) is 4.24. The predicted octanol–water partition coefficient (Wildman–Crippen LogP) is 2.62. The number of halogens is 1. The average Bonchev–Trinajstić information content (AvgIpc) is 2.33. The van der Waals surface area contributed by atoms with Gasteiger partial charge >= 0.3 is 0 Å². The molecule has 0 saturated heterocycles. The van der Waals surface area contributed by atoms with E-state index >= 15 is 0 Å². The molecule has 0 radical (unpaired) electrons. The van der Waals surface area contributed by atoms with Crippen LogP contribution in [0.15, 0.2) is 35.2 Å². The van der Waals surface area contributed by atoms with E-state index in [2.05, 4.69) is 5.32 Å². The highest BCUT2D eigenvalue weighted by Crippen LogP contribution is 2.19. The van der Waals surface area contributed by atoms with E-state index in [9.17, 15) is 13.2 Å². The van der Waals surface area contributed by atoms with Crippen LogP contribution in [-0.2, 0) is 9.05 Å². The van der Waals surface area contributed by atoms with Crippen molar-refractivity contribution in [1.29, 1.82) is 0 Å². The lowest BCUT2D eigenvalue weighted by atomic mass is 10.1. The third-order valence-corrected chi connectivity index (χ3v) is 3.92. The van der Waals surface area contributed by atoms with Crippen LogP contribution in [0.5, 0.6) is 0 Å². The van der Waals surface area contributed by atoms with Crippen LogP contribution in [0.25, 0.3) is 0 Å². The van der Waals surface area contributed by atoms with Crippen molar-refractivity contribution >= 4 is 25.6 Å². The number of nitrogens with one attached hydrogen (secondary N) is 1. The fraction of sp³-hybridized carbons (Fsp3) is 0.308. The number of amides is 1. The highest BCUT2D eigenvalue weighted by molar-refractivity contribution is 8.13. The summed E-state index contributed by atoms with van der Waals surface area (Å²) in [6.45, 7) is 4.15. The number of hydrogen-bond acceptors (Lipinski definition) is 3. The molecule has 1 aromatic carbocycles. The Morgan fingerprint density at radius 2 is 2.11 bits per heavy atom. The summed E-state index contributed by atoms with van der Waals surface area (Å²) in [6.07, 6.45) is 4.57. The van der Waals surface area contributed by atoms with Crippen LogP contribution in [-0.4, -0.2) is 20.9 Å². The molecule has 0 aliphatic heterocycles. The Bertz CT molecular complexity index is 594. The van der Waals surface area contributed by atoms with Gasteiger partial charge < -0.3 is 5.32 Å². The summed E-state index contributed by atoms with van der Waals surface area (Å²) in [5.74, 6) is -0.302. The Balaban J connectivity index is 2.90. The second-order valence-corrected chi connectivity index (χ2v) is 6.59. The smallest absolute Gasteiger partial charge is 0.261 e. The molecule has 0 heterocycles. The highest BCUT2D eigenvalue weighted by Gasteiger charge is 2.15. The van der Waals surface area contributed by atoms with Gasteiger partial charge in [0.05, 0.1) is 4.90 Å². The molecule has 1 amide bonds. The molecule has 0 bridgehead atoms. The first-order valence-electron chi connectivity index (χ1n) is 5.81. The molecule has 19 heavy (non-hydrogen) atoms. The molecule has 1 N–H and O–H groups in total. The molecule has 0 atom stereocenters. The van der Waals surface area contributed by atoms with Crippen LogP contribution in [0.3, 0.4) is 0 Å². The van der Waals surface area contributed by atoms with Crippen molar-refractivity contribution in [1.82, 2.24) is 5.32 Å². The molecule has 0 saturated carbocycles. The summed E-state index contributed by atoms with van der Waals surface area (Å²) in [5, 5.41) is 2.73. The monoisotopic (exact) mass is 301 g/mol. The maximum absolute atomic E-state index is 11.9. The van der Waals surface area contributed by atoms with Gasteiger partial charge in [-0.25, -0.2) is 8.42 Å². The Morgan fingerprint density at radius 3 is 2.68 bits per heavy atom. The Kier molecular flexibility index (Phi) is 5.57. The molecule has 104 valence electrons. The van der Waals surface area contributed by atoms with Crippen molar-refractivity contribution in [2.24, 2.45) is 0 Å². The van der Waals surface area contributed by atoms with E-state index in [1.54, 1.807) is 13.0 Å². The van der Waals surface area contributed by atoms with Crippen molar-refractivity contribution < 1.29 is 13.2 Å². The second-order valence-electron chi connectivity index (χ2n) is 4.03. The van der Waals surface area contributed by atoms with E-state index in [1.165, 1.54) is 12.1 Å². The standard InChI is InChI=1S/C13H16ClNO3S/c1-3-4-5-8-15-13(16)12-9-11(19(14,17)18)7-6-10(12)2/h3-4,6-7,9H,5,8H2,1-2H3,(H,15,16)/b4-3+. The third-order valence-electron chi connectivity index (χ3n) is 2.57. The number of hydrogen-bond donors (Lipinski definition) is 1. The van der Waals surface area contributed by atoms with Crippen molar-refractivity contribution in [3.8, 4) is 0 Å². The molecule has 0 fully saturated rings. The lowest BCUT2D eigenvalue weighted by Gasteiger charge is -2.08. The molecule has 1 rings (SSSR count). The maximum atomic E-state index is 11.9. The van der Waals surface area contributed by atoms with Crippen molar-refractivity contribution in [2.75, 3.05) is 6.54 Å². The lowest BCUT2D eigenvalue weighted by molar-refractivity contribution is 0.0953. The molecule has 0 aromatic heterocycles. The first-order valence-corrected chi connectivity index (χ1v) is 8.12. The number of rotatable bonds is 5. The molecule has 0 aliphatic rings.